The first kappa shape index (κ1) is 14.5. The SMILES string of the molecule is NCCCC[C@H](N)C(=O)O.[BaH2]. The van der Waals surface area contributed by atoms with Gasteiger partial charge in [0.05, 0.1) is 0 Å². The van der Waals surface area contributed by atoms with E-state index >= 15 is 0 Å². The fourth-order valence-electron chi connectivity index (χ4n) is 0.632. The summed E-state index contributed by atoms with van der Waals surface area (Å²) in [5.74, 6) is -0.933. The maximum atomic E-state index is 10.1. The van der Waals surface area contributed by atoms with Gasteiger partial charge in [-0.2, -0.15) is 0 Å². The monoisotopic (exact) mass is 286 g/mol. The van der Waals surface area contributed by atoms with Gasteiger partial charge in [-0.1, -0.05) is 6.42 Å². The summed E-state index contributed by atoms with van der Waals surface area (Å²) in [6.45, 7) is 0.604. The summed E-state index contributed by atoms with van der Waals surface area (Å²) in [5, 5.41) is 8.33. The number of carboxylic acid groups (broad SMARTS) is 1. The maximum absolute atomic E-state index is 10.1. The van der Waals surface area contributed by atoms with Crippen LogP contribution in [-0.4, -0.2) is 72.5 Å². The first-order chi connectivity index (χ1) is 4.68. The molecule has 0 fully saturated rings. The predicted octanol–water partition coefficient (Wildman–Crippen LogP) is -1.39. The molecule has 11 heavy (non-hydrogen) atoms. The van der Waals surface area contributed by atoms with E-state index in [4.69, 9.17) is 16.6 Å². The number of hydrogen-bond donors (Lipinski definition) is 3. The Morgan fingerprint density at radius 3 is 2.36 bits per heavy atom. The van der Waals surface area contributed by atoms with Crippen molar-refractivity contribution in [3.8, 4) is 0 Å². The number of aliphatic carboxylic acids is 1. The van der Waals surface area contributed by atoms with Crippen LogP contribution in [0.2, 0.25) is 0 Å². The first-order valence-corrected chi connectivity index (χ1v) is 3.37. The molecule has 5 heteroatoms. The number of rotatable bonds is 5. The van der Waals surface area contributed by atoms with Crippen LogP contribution >= 0.6 is 0 Å². The second-order valence-electron chi connectivity index (χ2n) is 2.23. The van der Waals surface area contributed by atoms with Crippen LogP contribution in [0.5, 0.6) is 0 Å². The normalized spacial score (nSPS) is 11.8. The minimum absolute atomic E-state index is 0. The first-order valence-electron chi connectivity index (χ1n) is 3.37. The van der Waals surface area contributed by atoms with Crippen molar-refractivity contribution in [2.75, 3.05) is 6.54 Å². The van der Waals surface area contributed by atoms with Crippen LogP contribution in [0.4, 0.5) is 0 Å². The Labute approximate surface area is 107 Å². The van der Waals surface area contributed by atoms with Crippen LogP contribution in [0.3, 0.4) is 0 Å². The van der Waals surface area contributed by atoms with Gasteiger partial charge >= 0.3 is 54.9 Å². The molecule has 0 aliphatic carbocycles. The average molecular weight is 286 g/mol. The molecular formula is C6H16BaN2O2. The van der Waals surface area contributed by atoms with E-state index in [0.717, 1.165) is 12.8 Å². The quantitative estimate of drug-likeness (QED) is 0.429. The summed E-state index contributed by atoms with van der Waals surface area (Å²) < 4.78 is 0. The van der Waals surface area contributed by atoms with E-state index in [0.29, 0.717) is 13.0 Å². The van der Waals surface area contributed by atoms with E-state index < -0.39 is 12.0 Å². The zero-order chi connectivity index (χ0) is 7.98. The summed E-state index contributed by atoms with van der Waals surface area (Å²) in [6, 6.07) is -0.716. The molecule has 0 saturated heterocycles. The van der Waals surface area contributed by atoms with Crippen LogP contribution in [0, 0.1) is 0 Å². The Morgan fingerprint density at radius 2 is 2.00 bits per heavy atom. The van der Waals surface area contributed by atoms with Gasteiger partial charge in [0.2, 0.25) is 0 Å². The molecule has 0 aromatic carbocycles. The molecule has 0 radical (unpaired) electrons. The van der Waals surface area contributed by atoms with Crippen LogP contribution in [0.25, 0.3) is 0 Å². The molecule has 0 aliphatic heterocycles. The third-order valence-corrected chi connectivity index (χ3v) is 1.29. The Balaban J connectivity index is 0. The van der Waals surface area contributed by atoms with Gasteiger partial charge in [0, 0.05) is 0 Å². The van der Waals surface area contributed by atoms with Crippen molar-refractivity contribution < 1.29 is 9.90 Å². The molecule has 0 rings (SSSR count). The number of nitrogens with two attached hydrogens (primary N) is 2. The van der Waals surface area contributed by atoms with Crippen molar-refractivity contribution in [3.63, 3.8) is 0 Å². The Bertz CT molecular complexity index is 111. The van der Waals surface area contributed by atoms with Gasteiger partial charge < -0.3 is 16.6 Å². The summed E-state index contributed by atoms with van der Waals surface area (Å²) >= 11 is 0. The standard InChI is InChI=1S/C6H14N2O2.Ba.2H/c7-4-2-1-3-5(8)6(9)10;;;/h5H,1-4,7-8H2,(H,9,10);;;/t5-;;;/m0.../s1. The van der Waals surface area contributed by atoms with Gasteiger partial charge in [-0.05, 0) is 19.4 Å². The Kier molecular flexibility index (Phi) is 11.9. The van der Waals surface area contributed by atoms with Crippen molar-refractivity contribution >= 4 is 54.9 Å². The molecule has 0 aromatic rings. The average Bonchev–Trinajstić information content (AvgIpc) is 1.88. The van der Waals surface area contributed by atoms with E-state index in [2.05, 4.69) is 0 Å². The Morgan fingerprint density at radius 1 is 1.45 bits per heavy atom. The van der Waals surface area contributed by atoms with Crippen molar-refractivity contribution in [2.45, 2.75) is 25.3 Å². The predicted molar refractivity (Wildman–Crippen MR) is 47.1 cm³/mol. The summed E-state index contributed by atoms with van der Waals surface area (Å²) in [4.78, 5) is 10.1. The fraction of sp³-hybridized carbons (Fsp3) is 0.833. The molecule has 0 heterocycles. The van der Waals surface area contributed by atoms with Crippen LogP contribution in [0.15, 0.2) is 0 Å². The molecule has 0 bridgehead atoms. The molecule has 64 valence electrons. The van der Waals surface area contributed by atoms with Crippen molar-refractivity contribution in [1.82, 2.24) is 0 Å². The molecule has 0 aromatic heterocycles. The number of carboxylic acids is 1. The van der Waals surface area contributed by atoms with Crippen LogP contribution in [-0.2, 0) is 4.79 Å². The molecule has 0 unspecified atom stereocenters. The number of unbranched alkanes of at least 4 members (excludes halogenated alkanes) is 1. The molecule has 4 nitrogen and oxygen atoms in total. The van der Waals surface area contributed by atoms with Crippen molar-refractivity contribution in [1.29, 1.82) is 0 Å². The molecule has 0 saturated carbocycles. The summed E-state index contributed by atoms with van der Waals surface area (Å²) in [6.07, 6.45) is 2.16. The third-order valence-electron chi connectivity index (χ3n) is 1.29. The summed E-state index contributed by atoms with van der Waals surface area (Å²) in [7, 11) is 0. The van der Waals surface area contributed by atoms with Crippen molar-refractivity contribution in [3.05, 3.63) is 0 Å². The Hall–Kier alpha value is 0.961. The van der Waals surface area contributed by atoms with E-state index in [1.807, 2.05) is 0 Å². The van der Waals surface area contributed by atoms with Crippen LogP contribution < -0.4 is 11.5 Å². The second-order valence-corrected chi connectivity index (χ2v) is 2.23. The molecule has 1 atom stereocenters. The molecule has 0 amide bonds. The third kappa shape index (κ3) is 8.87. The van der Waals surface area contributed by atoms with Gasteiger partial charge in [-0.3, -0.25) is 4.79 Å². The van der Waals surface area contributed by atoms with Gasteiger partial charge in [0.25, 0.3) is 0 Å². The molecule has 0 aliphatic rings. The minimum atomic E-state index is -0.933. The van der Waals surface area contributed by atoms with E-state index in [9.17, 15) is 4.79 Å². The molecule has 5 N–H and O–H groups in total. The number of hydrogen-bond acceptors (Lipinski definition) is 3. The van der Waals surface area contributed by atoms with Crippen molar-refractivity contribution in [2.24, 2.45) is 11.5 Å². The molecular weight excluding hydrogens is 269 g/mol. The zero-order valence-corrected chi connectivity index (χ0v) is 5.92. The molecule has 0 spiro atoms. The van der Waals surface area contributed by atoms with E-state index in [1.54, 1.807) is 0 Å². The zero-order valence-electron chi connectivity index (χ0n) is 5.92. The van der Waals surface area contributed by atoms with Gasteiger partial charge in [0.1, 0.15) is 6.04 Å². The number of carbonyl (C=O) groups is 1. The second kappa shape index (κ2) is 9.05. The van der Waals surface area contributed by atoms with Crippen LogP contribution in [0.1, 0.15) is 19.3 Å². The van der Waals surface area contributed by atoms with Gasteiger partial charge in [-0.25, -0.2) is 0 Å². The topological polar surface area (TPSA) is 89.3 Å². The van der Waals surface area contributed by atoms with E-state index in [1.165, 1.54) is 0 Å². The van der Waals surface area contributed by atoms with E-state index in [-0.39, 0.29) is 48.9 Å². The van der Waals surface area contributed by atoms with Gasteiger partial charge in [0.15, 0.2) is 0 Å². The summed E-state index contributed by atoms with van der Waals surface area (Å²) in [5.41, 5.74) is 10.4. The van der Waals surface area contributed by atoms with Gasteiger partial charge in [-0.15, -0.1) is 0 Å². The fourth-order valence-corrected chi connectivity index (χ4v) is 0.632.